The quantitative estimate of drug-likeness (QED) is 0.128. The Morgan fingerprint density at radius 2 is 1.29 bits per heavy atom. The summed E-state index contributed by atoms with van der Waals surface area (Å²) >= 11 is 6.15. The van der Waals surface area contributed by atoms with E-state index in [2.05, 4.69) is 51.4 Å². The minimum absolute atomic E-state index is 0.0726. The molecule has 12 heteroatoms. The van der Waals surface area contributed by atoms with Gasteiger partial charge in [-0.05, 0) is 71.2 Å². The number of hydrogen-bond acceptors (Lipinski definition) is 5. The Morgan fingerprint density at radius 1 is 0.750 bits per heavy atom. The molecular weight excluding hydrogens is 726 g/mol. The number of amides is 3. The second-order valence-corrected chi connectivity index (χ2v) is 14.9. The van der Waals surface area contributed by atoms with Gasteiger partial charge in [0.1, 0.15) is 17.7 Å². The van der Waals surface area contributed by atoms with E-state index >= 15 is 0 Å². The molecule has 0 unspecified atom stereocenters. The van der Waals surface area contributed by atoms with Crippen molar-refractivity contribution in [2.45, 2.75) is 50.2 Å². The van der Waals surface area contributed by atoms with Crippen LogP contribution in [-0.4, -0.2) is 77.8 Å². The van der Waals surface area contributed by atoms with Crippen LogP contribution in [0.25, 0.3) is 33.6 Å². The summed E-state index contributed by atoms with van der Waals surface area (Å²) in [5.74, 6) is 1.29. The molecule has 2 fully saturated rings. The third kappa shape index (κ3) is 7.54. The van der Waals surface area contributed by atoms with E-state index in [1.54, 1.807) is 23.2 Å². The number of nitrogens with zero attached hydrogens (tertiary/aromatic N) is 5. The van der Waals surface area contributed by atoms with Crippen LogP contribution in [0.1, 0.15) is 66.6 Å². The third-order valence-electron chi connectivity index (χ3n) is 10.9. The number of hydrogen-bond donors (Lipinski definition) is 3. The van der Waals surface area contributed by atoms with E-state index in [4.69, 9.17) is 16.6 Å². The maximum absolute atomic E-state index is 13.9. The summed E-state index contributed by atoms with van der Waals surface area (Å²) < 4.78 is 0. The summed E-state index contributed by atoms with van der Waals surface area (Å²) in [6.45, 7) is 1.23. The lowest BCUT2D eigenvalue weighted by Gasteiger charge is -2.32. The molecule has 0 saturated carbocycles. The van der Waals surface area contributed by atoms with E-state index in [1.807, 2.05) is 65.7 Å². The highest BCUT2D eigenvalue weighted by atomic mass is 35.5. The zero-order chi connectivity index (χ0) is 38.8. The van der Waals surface area contributed by atoms with E-state index in [0.29, 0.717) is 35.9 Å². The van der Waals surface area contributed by atoms with Gasteiger partial charge in [0.15, 0.2) is 0 Å². The van der Waals surface area contributed by atoms with Crippen molar-refractivity contribution < 1.29 is 19.5 Å². The van der Waals surface area contributed by atoms with E-state index in [9.17, 15) is 19.5 Å². The first-order chi connectivity index (χ1) is 27.2. The van der Waals surface area contributed by atoms with Gasteiger partial charge >= 0.3 is 6.09 Å². The van der Waals surface area contributed by atoms with E-state index in [1.165, 1.54) is 7.05 Å². The molecule has 11 nitrogen and oxygen atoms in total. The zero-order valence-electron chi connectivity index (χ0n) is 30.9. The fraction of sp³-hybridized carbons (Fsp3) is 0.250. The standard InChI is InChI=1S/C44H42ClN7O4/c1-50(44(55)56)40(33-9-3-2-4-10-33)43(54)52-23-7-13-38(52)42-47-27-36(49-42)32-20-16-30(17-21-32)29-14-18-31(19-15-29)35-26-46-41(48-35)37-12-6-22-51(37)39(53)25-28-8-5-11-34(45)24-28/h2-5,8-11,14-21,24,26-27,37-38,40H,6-7,12-13,22-23,25H2,1H3,(H,46,48)(H,47,49)(H,55,56)/t37-,38-,40+/m0/s1. The number of imidazole rings is 2. The summed E-state index contributed by atoms with van der Waals surface area (Å²) in [5.41, 5.74) is 7.37. The Labute approximate surface area is 330 Å². The second kappa shape index (κ2) is 15.9. The number of aromatic amines is 2. The van der Waals surface area contributed by atoms with Crippen molar-refractivity contribution in [1.29, 1.82) is 0 Å². The number of likely N-dealkylation sites (tertiary alicyclic amines) is 2. The summed E-state index contributed by atoms with van der Waals surface area (Å²) in [5, 5.41) is 10.4. The number of likely N-dealkylation sites (N-methyl/N-ethyl adjacent to an activating group) is 1. The Hall–Kier alpha value is -6.20. The van der Waals surface area contributed by atoms with Gasteiger partial charge in [0.2, 0.25) is 5.91 Å². The molecule has 0 bridgehead atoms. The first-order valence-electron chi connectivity index (χ1n) is 18.9. The van der Waals surface area contributed by atoms with Crippen LogP contribution in [0.5, 0.6) is 0 Å². The molecule has 2 aliphatic heterocycles. The minimum Gasteiger partial charge on any atom is -0.465 e. The van der Waals surface area contributed by atoms with Crippen molar-refractivity contribution >= 4 is 29.5 Å². The molecule has 0 radical (unpaired) electrons. The van der Waals surface area contributed by atoms with Crippen LogP contribution in [0.2, 0.25) is 5.02 Å². The molecule has 8 rings (SSSR count). The molecule has 0 spiro atoms. The molecule has 2 aromatic heterocycles. The molecule has 2 aliphatic rings. The number of halogens is 1. The van der Waals surface area contributed by atoms with E-state index < -0.39 is 12.1 Å². The van der Waals surface area contributed by atoms with Crippen molar-refractivity contribution in [2.24, 2.45) is 0 Å². The number of benzene rings is 4. The number of nitrogens with one attached hydrogen (secondary N) is 2. The molecule has 3 atom stereocenters. The highest BCUT2D eigenvalue weighted by Crippen LogP contribution is 2.36. The van der Waals surface area contributed by atoms with E-state index in [-0.39, 0.29) is 23.9 Å². The van der Waals surface area contributed by atoms with Crippen molar-refractivity contribution in [3.8, 4) is 33.6 Å². The number of H-pyrrole nitrogens is 2. The maximum atomic E-state index is 13.9. The van der Waals surface area contributed by atoms with Crippen molar-refractivity contribution in [2.75, 3.05) is 20.1 Å². The van der Waals surface area contributed by atoms with Crippen LogP contribution in [0.4, 0.5) is 4.79 Å². The largest absolute Gasteiger partial charge is 0.465 e. The smallest absolute Gasteiger partial charge is 0.407 e. The monoisotopic (exact) mass is 767 g/mol. The lowest BCUT2D eigenvalue weighted by Crippen LogP contribution is -2.43. The molecule has 56 heavy (non-hydrogen) atoms. The number of carboxylic acid groups (broad SMARTS) is 1. The minimum atomic E-state index is -1.16. The summed E-state index contributed by atoms with van der Waals surface area (Å²) in [6, 6.07) is 31.7. The number of carbonyl (C=O) groups excluding carboxylic acids is 2. The van der Waals surface area contributed by atoms with Gasteiger partial charge in [-0.2, -0.15) is 0 Å². The average Bonchev–Trinajstić information content (AvgIpc) is 4.06. The Morgan fingerprint density at radius 3 is 1.84 bits per heavy atom. The predicted octanol–water partition coefficient (Wildman–Crippen LogP) is 8.71. The fourth-order valence-electron chi connectivity index (χ4n) is 8.01. The topological polar surface area (TPSA) is 139 Å². The lowest BCUT2D eigenvalue weighted by atomic mass is 10.0. The number of aromatic nitrogens is 4. The average molecular weight is 768 g/mol. The predicted molar refractivity (Wildman–Crippen MR) is 215 cm³/mol. The SMILES string of the molecule is CN(C(=O)O)[C@@H](C(=O)N1CCC[C@H]1c1ncc(-c2ccc(-c3ccc(-c4cnc([C@@H]5CCCN5C(=O)Cc5cccc(Cl)c5)[nH]4)cc3)cc2)[nH]1)c1ccccc1. The second-order valence-electron chi connectivity index (χ2n) is 14.5. The first kappa shape index (κ1) is 36.8. The molecule has 4 aromatic carbocycles. The van der Waals surface area contributed by atoms with Crippen LogP contribution in [0.15, 0.2) is 116 Å². The lowest BCUT2D eigenvalue weighted by molar-refractivity contribution is -0.137. The Bertz CT molecular complexity index is 2340. The highest BCUT2D eigenvalue weighted by molar-refractivity contribution is 6.30. The van der Waals surface area contributed by atoms with Gasteiger partial charge in [0.25, 0.3) is 5.91 Å². The van der Waals surface area contributed by atoms with Crippen molar-refractivity contribution in [3.63, 3.8) is 0 Å². The van der Waals surface area contributed by atoms with Gasteiger partial charge in [-0.3, -0.25) is 14.5 Å². The van der Waals surface area contributed by atoms with Crippen molar-refractivity contribution in [3.05, 3.63) is 143 Å². The molecule has 0 aliphatic carbocycles. The molecule has 2 saturated heterocycles. The summed E-state index contributed by atoms with van der Waals surface area (Å²) in [4.78, 5) is 60.2. The van der Waals surface area contributed by atoms with Gasteiger partial charge in [0.05, 0.1) is 42.3 Å². The van der Waals surface area contributed by atoms with Crippen LogP contribution < -0.4 is 0 Å². The molecule has 3 N–H and O–H groups in total. The highest BCUT2D eigenvalue weighted by Gasteiger charge is 2.39. The number of rotatable bonds is 10. The third-order valence-corrected chi connectivity index (χ3v) is 11.2. The van der Waals surface area contributed by atoms with Crippen LogP contribution >= 0.6 is 11.6 Å². The van der Waals surface area contributed by atoms with Gasteiger partial charge in [-0.15, -0.1) is 0 Å². The van der Waals surface area contributed by atoms with Gasteiger partial charge in [0, 0.05) is 25.2 Å². The Kier molecular flexibility index (Phi) is 10.4. The van der Waals surface area contributed by atoms with Gasteiger partial charge in [-0.1, -0.05) is 103 Å². The summed E-state index contributed by atoms with van der Waals surface area (Å²) in [6.07, 6.45) is 6.10. The van der Waals surface area contributed by atoms with Gasteiger partial charge in [-0.25, -0.2) is 14.8 Å². The van der Waals surface area contributed by atoms with Crippen molar-refractivity contribution in [1.82, 2.24) is 34.6 Å². The molecule has 6 aromatic rings. The Balaban J connectivity index is 0.924. The molecule has 3 amide bonds. The van der Waals surface area contributed by atoms with Gasteiger partial charge < -0.3 is 24.9 Å². The fourth-order valence-corrected chi connectivity index (χ4v) is 8.22. The molecular formula is C44H42ClN7O4. The molecule has 4 heterocycles. The normalized spacial score (nSPS) is 17.2. The maximum Gasteiger partial charge on any atom is 0.407 e. The van der Waals surface area contributed by atoms with E-state index in [0.717, 1.165) is 75.6 Å². The number of carbonyl (C=O) groups is 3. The van der Waals surface area contributed by atoms with Crippen LogP contribution in [0, 0.1) is 0 Å². The van der Waals surface area contributed by atoms with Crippen LogP contribution in [0.3, 0.4) is 0 Å². The zero-order valence-corrected chi connectivity index (χ0v) is 31.7. The van der Waals surface area contributed by atoms with Crippen LogP contribution in [-0.2, 0) is 16.0 Å². The summed E-state index contributed by atoms with van der Waals surface area (Å²) in [7, 11) is 1.43. The first-order valence-corrected chi connectivity index (χ1v) is 19.3. The molecule has 284 valence electrons.